The number of likely N-dealkylation sites (tertiary alicyclic amines) is 1. The highest BCUT2D eigenvalue weighted by Gasteiger charge is 2.46. The fraction of sp³-hybridized carbons (Fsp3) is 1.00. The van der Waals surface area contributed by atoms with Crippen molar-refractivity contribution in [2.75, 3.05) is 26.7 Å². The molecule has 1 unspecified atom stereocenters. The van der Waals surface area contributed by atoms with Crippen LogP contribution >= 0.6 is 0 Å². The lowest BCUT2D eigenvalue weighted by molar-refractivity contribution is -0.0646. The van der Waals surface area contributed by atoms with Crippen molar-refractivity contribution in [3.05, 3.63) is 0 Å². The minimum Gasteiger partial charge on any atom is -0.378 e. The summed E-state index contributed by atoms with van der Waals surface area (Å²) in [6.45, 7) is 7.87. The van der Waals surface area contributed by atoms with E-state index >= 15 is 0 Å². The first-order chi connectivity index (χ1) is 7.12. The quantitative estimate of drug-likeness (QED) is 0.708. The van der Waals surface area contributed by atoms with E-state index in [1.165, 1.54) is 38.8 Å². The third-order valence-corrected chi connectivity index (χ3v) is 4.31. The van der Waals surface area contributed by atoms with Gasteiger partial charge in [0, 0.05) is 6.54 Å². The summed E-state index contributed by atoms with van der Waals surface area (Å²) in [4.78, 5) is 2.47. The zero-order chi connectivity index (χ0) is 10.9. The summed E-state index contributed by atoms with van der Waals surface area (Å²) in [7, 11) is 2.25. The van der Waals surface area contributed by atoms with Crippen molar-refractivity contribution >= 4 is 0 Å². The largest absolute Gasteiger partial charge is 0.378 e. The molecular formula is C13H25NO. The molecule has 2 nitrogen and oxygen atoms in total. The van der Waals surface area contributed by atoms with Gasteiger partial charge in [-0.15, -0.1) is 0 Å². The van der Waals surface area contributed by atoms with Gasteiger partial charge in [0.25, 0.3) is 0 Å². The van der Waals surface area contributed by atoms with Crippen LogP contribution in [0.2, 0.25) is 0 Å². The van der Waals surface area contributed by atoms with E-state index in [9.17, 15) is 0 Å². The van der Waals surface area contributed by atoms with Gasteiger partial charge in [0.15, 0.2) is 0 Å². The van der Waals surface area contributed by atoms with Crippen LogP contribution in [0.15, 0.2) is 0 Å². The number of nitrogens with zero attached hydrogens (tertiary/aromatic N) is 1. The van der Waals surface area contributed by atoms with E-state index in [1.807, 2.05) is 0 Å². The number of rotatable bonds is 4. The van der Waals surface area contributed by atoms with Gasteiger partial charge in [-0.05, 0) is 58.0 Å². The molecule has 0 aromatic carbocycles. The summed E-state index contributed by atoms with van der Waals surface area (Å²) < 4.78 is 5.88. The Labute approximate surface area is 94.0 Å². The monoisotopic (exact) mass is 211 g/mol. The maximum Gasteiger partial charge on any atom is 0.0529 e. The van der Waals surface area contributed by atoms with Gasteiger partial charge in [0.05, 0.1) is 12.7 Å². The highest BCUT2D eigenvalue weighted by atomic mass is 16.5. The average Bonchev–Trinajstić information content (AvgIpc) is 2.50. The summed E-state index contributed by atoms with van der Waals surface area (Å²) in [5, 5.41) is 0. The van der Waals surface area contributed by atoms with Crippen LogP contribution in [0.5, 0.6) is 0 Å². The molecule has 2 heteroatoms. The lowest BCUT2D eigenvalue weighted by Crippen LogP contribution is -2.43. The molecule has 0 N–H and O–H groups in total. The standard InChI is InChI=1S/C13H25NO/c1-11(2)15-10-13(6-4-7-13)12-5-8-14(3)9-12/h11-12H,4-10H2,1-3H3. The summed E-state index contributed by atoms with van der Waals surface area (Å²) in [6, 6.07) is 0. The summed E-state index contributed by atoms with van der Waals surface area (Å²) in [6.07, 6.45) is 6.00. The molecule has 2 fully saturated rings. The van der Waals surface area contributed by atoms with Gasteiger partial charge >= 0.3 is 0 Å². The molecule has 15 heavy (non-hydrogen) atoms. The van der Waals surface area contributed by atoms with Crippen LogP contribution in [0.3, 0.4) is 0 Å². The van der Waals surface area contributed by atoms with E-state index in [2.05, 4.69) is 25.8 Å². The van der Waals surface area contributed by atoms with Crippen LogP contribution in [0.1, 0.15) is 39.5 Å². The smallest absolute Gasteiger partial charge is 0.0529 e. The normalized spacial score (nSPS) is 30.8. The number of hydrogen-bond donors (Lipinski definition) is 0. The molecule has 88 valence electrons. The molecule has 2 aliphatic rings. The number of ether oxygens (including phenoxy) is 1. The third kappa shape index (κ3) is 2.36. The van der Waals surface area contributed by atoms with Crippen molar-refractivity contribution in [1.82, 2.24) is 4.90 Å². The van der Waals surface area contributed by atoms with E-state index in [4.69, 9.17) is 4.74 Å². The predicted octanol–water partition coefficient (Wildman–Crippen LogP) is 2.53. The van der Waals surface area contributed by atoms with Gasteiger partial charge in [-0.25, -0.2) is 0 Å². The molecule has 0 radical (unpaired) electrons. The van der Waals surface area contributed by atoms with E-state index in [0.29, 0.717) is 11.5 Å². The second-order valence-corrected chi connectivity index (χ2v) is 5.82. The Bertz CT molecular complexity index is 211. The highest BCUT2D eigenvalue weighted by molar-refractivity contribution is 4.96. The van der Waals surface area contributed by atoms with Crippen LogP contribution in [0, 0.1) is 11.3 Å². The van der Waals surface area contributed by atoms with Crippen molar-refractivity contribution < 1.29 is 4.74 Å². The Hall–Kier alpha value is -0.0800. The van der Waals surface area contributed by atoms with E-state index in [-0.39, 0.29) is 0 Å². The van der Waals surface area contributed by atoms with Gasteiger partial charge < -0.3 is 9.64 Å². The summed E-state index contributed by atoms with van der Waals surface area (Å²) in [5.41, 5.74) is 0.551. The Kier molecular flexibility index (Phi) is 3.36. The first-order valence-corrected chi connectivity index (χ1v) is 6.42. The predicted molar refractivity (Wildman–Crippen MR) is 63.0 cm³/mol. The molecule has 0 aromatic rings. The lowest BCUT2D eigenvalue weighted by Gasteiger charge is -2.46. The molecule has 1 saturated heterocycles. The average molecular weight is 211 g/mol. The van der Waals surface area contributed by atoms with Crippen LogP contribution in [-0.2, 0) is 4.74 Å². The summed E-state index contributed by atoms with van der Waals surface area (Å²) >= 11 is 0. The van der Waals surface area contributed by atoms with Gasteiger partial charge in [-0.1, -0.05) is 6.42 Å². The molecule has 1 heterocycles. The fourth-order valence-corrected chi connectivity index (χ4v) is 3.07. The first-order valence-electron chi connectivity index (χ1n) is 6.42. The SMILES string of the molecule is CC(C)OCC1(C2CCN(C)C2)CCC1. The molecule has 2 rings (SSSR count). The Balaban J connectivity index is 1.90. The zero-order valence-corrected chi connectivity index (χ0v) is 10.5. The van der Waals surface area contributed by atoms with E-state index < -0.39 is 0 Å². The van der Waals surface area contributed by atoms with Crippen LogP contribution in [0.4, 0.5) is 0 Å². The zero-order valence-electron chi connectivity index (χ0n) is 10.5. The lowest BCUT2D eigenvalue weighted by atomic mass is 9.61. The number of hydrogen-bond acceptors (Lipinski definition) is 2. The van der Waals surface area contributed by atoms with Crippen LogP contribution in [-0.4, -0.2) is 37.7 Å². The van der Waals surface area contributed by atoms with Crippen molar-refractivity contribution in [3.63, 3.8) is 0 Å². The maximum atomic E-state index is 5.88. The van der Waals surface area contributed by atoms with Crippen LogP contribution < -0.4 is 0 Å². The second-order valence-electron chi connectivity index (χ2n) is 5.82. The molecule has 1 atom stereocenters. The molecule has 1 aliphatic heterocycles. The highest BCUT2D eigenvalue weighted by Crippen LogP contribution is 2.50. The Morgan fingerprint density at radius 2 is 2.13 bits per heavy atom. The fourth-order valence-electron chi connectivity index (χ4n) is 3.07. The van der Waals surface area contributed by atoms with Gasteiger partial charge in [0.1, 0.15) is 0 Å². The van der Waals surface area contributed by atoms with Crippen LogP contribution in [0.25, 0.3) is 0 Å². The van der Waals surface area contributed by atoms with E-state index in [0.717, 1.165) is 12.5 Å². The molecule has 0 aromatic heterocycles. The van der Waals surface area contributed by atoms with Crippen molar-refractivity contribution in [2.45, 2.75) is 45.6 Å². The Morgan fingerprint density at radius 3 is 2.53 bits per heavy atom. The topological polar surface area (TPSA) is 12.5 Å². The molecule has 0 bridgehead atoms. The second kappa shape index (κ2) is 4.42. The molecule has 0 spiro atoms. The van der Waals surface area contributed by atoms with Crippen molar-refractivity contribution in [3.8, 4) is 0 Å². The molecule has 1 aliphatic carbocycles. The third-order valence-electron chi connectivity index (χ3n) is 4.31. The first kappa shape index (κ1) is 11.4. The molecular weight excluding hydrogens is 186 g/mol. The minimum atomic E-state index is 0.390. The van der Waals surface area contributed by atoms with Crippen molar-refractivity contribution in [1.29, 1.82) is 0 Å². The van der Waals surface area contributed by atoms with Gasteiger partial charge in [-0.2, -0.15) is 0 Å². The van der Waals surface area contributed by atoms with Crippen molar-refractivity contribution in [2.24, 2.45) is 11.3 Å². The minimum absolute atomic E-state index is 0.390. The van der Waals surface area contributed by atoms with Gasteiger partial charge in [0.2, 0.25) is 0 Å². The maximum absolute atomic E-state index is 5.88. The summed E-state index contributed by atoms with van der Waals surface area (Å²) in [5.74, 6) is 0.898. The molecule has 0 amide bonds. The Morgan fingerprint density at radius 1 is 1.40 bits per heavy atom. The van der Waals surface area contributed by atoms with Gasteiger partial charge in [-0.3, -0.25) is 0 Å². The molecule has 1 saturated carbocycles. The van der Waals surface area contributed by atoms with E-state index in [1.54, 1.807) is 0 Å².